The Labute approximate surface area is 153 Å². The molecule has 0 spiro atoms. The SMILES string of the molecule is CC(C)Cc1ccc(C(C)C(=O)O[C@@H]([C@H](O)[C@H](O)CO)[C@@H](N)C=O)cc1. The maximum Gasteiger partial charge on any atom is 0.313 e. The molecule has 0 bridgehead atoms. The molecule has 0 heterocycles. The molecule has 5 atom stereocenters. The maximum atomic E-state index is 12.4. The van der Waals surface area contributed by atoms with Crippen LogP contribution in [0.15, 0.2) is 24.3 Å². The lowest BCUT2D eigenvalue weighted by Gasteiger charge is -2.29. The second-order valence-electron chi connectivity index (χ2n) is 6.92. The van der Waals surface area contributed by atoms with Crippen LogP contribution in [0.2, 0.25) is 0 Å². The number of aldehydes is 1. The lowest BCUT2D eigenvalue weighted by Crippen LogP contribution is -2.52. The van der Waals surface area contributed by atoms with Gasteiger partial charge in [0.1, 0.15) is 24.5 Å². The molecule has 146 valence electrons. The molecule has 1 unspecified atom stereocenters. The lowest BCUT2D eigenvalue weighted by molar-refractivity contribution is -0.165. The molecule has 26 heavy (non-hydrogen) atoms. The molecule has 0 amide bonds. The van der Waals surface area contributed by atoms with Crippen LogP contribution in [-0.4, -0.2) is 58.5 Å². The smallest absolute Gasteiger partial charge is 0.313 e. The fourth-order valence-electron chi connectivity index (χ4n) is 2.57. The average molecular weight is 367 g/mol. The predicted molar refractivity (Wildman–Crippen MR) is 96.4 cm³/mol. The van der Waals surface area contributed by atoms with Gasteiger partial charge in [-0.25, -0.2) is 0 Å². The van der Waals surface area contributed by atoms with Crippen molar-refractivity contribution < 1.29 is 29.6 Å². The molecule has 7 nitrogen and oxygen atoms in total. The number of rotatable bonds is 10. The summed E-state index contributed by atoms with van der Waals surface area (Å²) in [6.45, 7) is 5.12. The van der Waals surface area contributed by atoms with Crippen LogP contribution in [0.25, 0.3) is 0 Å². The van der Waals surface area contributed by atoms with E-state index in [0.717, 1.165) is 17.5 Å². The van der Waals surface area contributed by atoms with Gasteiger partial charge in [0, 0.05) is 0 Å². The summed E-state index contributed by atoms with van der Waals surface area (Å²) in [5.74, 6) is -0.815. The van der Waals surface area contributed by atoms with Gasteiger partial charge in [0.05, 0.1) is 12.5 Å². The van der Waals surface area contributed by atoms with E-state index in [1.807, 2.05) is 24.3 Å². The third kappa shape index (κ3) is 6.17. The number of aliphatic hydroxyl groups excluding tert-OH is 3. The van der Waals surface area contributed by atoms with Gasteiger partial charge in [0.2, 0.25) is 0 Å². The molecule has 1 rings (SSSR count). The van der Waals surface area contributed by atoms with Crippen molar-refractivity contribution in [3.05, 3.63) is 35.4 Å². The maximum absolute atomic E-state index is 12.4. The third-order valence-corrected chi connectivity index (χ3v) is 4.18. The normalized spacial score (nSPS) is 17.2. The summed E-state index contributed by atoms with van der Waals surface area (Å²) in [4.78, 5) is 23.3. The molecule has 1 aromatic rings. The molecule has 0 radical (unpaired) electrons. The molecule has 0 aliphatic rings. The fourth-order valence-corrected chi connectivity index (χ4v) is 2.57. The van der Waals surface area contributed by atoms with Crippen molar-refractivity contribution in [2.24, 2.45) is 11.7 Å². The van der Waals surface area contributed by atoms with Gasteiger partial charge < -0.3 is 30.6 Å². The molecule has 0 fully saturated rings. The van der Waals surface area contributed by atoms with E-state index < -0.39 is 42.8 Å². The number of carbonyl (C=O) groups is 2. The molecular weight excluding hydrogens is 338 g/mol. The van der Waals surface area contributed by atoms with Crippen molar-refractivity contribution in [1.29, 1.82) is 0 Å². The van der Waals surface area contributed by atoms with Gasteiger partial charge in [-0.05, 0) is 30.4 Å². The number of aliphatic hydroxyl groups is 3. The van der Waals surface area contributed by atoms with Crippen LogP contribution in [0.3, 0.4) is 0 Å². The molecule has 0 aliphatic heterocycles. The largest absolute Gasteiger partial charge is 0.457 e. The zero-order valence-electron chi connectivity index (χ0n) is 15.4. The fraction of sp³-hybridized carbons (Fsp3) is 0.579. The van der Waals surface area contributed by atoms with Gasteiger partial charge in [0.25, 0.3) is 0 Å². The minimum absolute atomic E-state index is 0.316. The molecule has 1 aromatic carbocycles. The number of hydrogen-bond donors (Lipinski definition) is 4. The van der Waals surface area contributed by atoms with Crippen LogP contribution < -0.4 is 5.73 Å². The second kappa shape index (κ2) is 10.4. The first kappa shape index (κ1) is 22.2. The Kier molecular flexibility index (Phi) is 8.87. The summed E-state index contributed by atoms with van der Waals surface area (Å²) < 4.78 is 5.18. The van der Waals surface area contributed by atoms with E-state index >= 15 is 0 Å². The van der Waals surface area contributed by atoms with Crippen LogP contribution in [0.4, 0.5) is 0 Å². The van der Waals surface area contributed by atoms with E-state index in [9.17, 15) is 19.8 Å². The Bertz CT molecular complexity index is 574. The standard InChI is InChI=1S/C19H29NO6/c1-11(2)8-13-4-6-14(7-5-13)12(3)19(25)26-18(15(20)9-21)17(24)16(23)10-22/h4-7,9,11-12,15-18,22-24H,8,10,20H2,1-3H3/t12?,15-,16+,17+,18+/m0/s1. The van der Waals surface area contributed by atoms with Crippen molar-refractivity contribution in [2.75, 3.05) is 6.61 Å². The highest BCUT2D eigenvalue weighted by atomic mass is 16.6. The molecule has 5 N–H and O–H groups in total. The Hall–Kier alpha value is -1.80. The highest BCUT2D eigenvalue weighted by molar-refractivity contribution is 5.78. The van der Waals surface area contributed by atoms with Crippen LogP contribution >= 0.6 is 0 Å². The van der Waals surface area contributed by atoms with E-state index in [0.29, 0.717) is 12.2 Å². The first-order valence-corrected chi connectivity index (χ1v) is 8.68. The molecule has 7 heteroatoms. The van der Waals surface area contributed by atoms with Gasteiger partial charge >= 0.3 is 5.97 Å². The van der Waals surface area contributed by atoms with E-state index in [2.05, 4.69) is 13.8 Å². The Morgan fingerprint density at radius 2 is 1.77 bits per heavy atom. The summed E-state index contributed by atoms with van der Waals surface area (Å²) in [6.07, 6.45) is -3.46. The van der Waals surface area contributed by atoms with Crippen molar-refractivity contribution in [2.45, 2.75) is 57.5 Å². The summed E-state index contributed by atoms with van der Waals surface area (Å²) >= 11 is 0. The third-order valence-electron chi connectivity index (χ3n) is 4.18. The van der Waals surface area contributed by atoms with Gasteiger partial charge in [-0.2, -0.15) is 0 Å². The minimum atomic E-state index is -1.68. The molecule has 0 aromatic heterocycles. The predicted octanol–water partition coefficient (Wildman–Crippen LogP) is 0.141. The zero-order chi connectivity index (χ0) is 19.9. The summed E-state index contributed by atoms with van der Waals surface area (Å²) in [6, 6.07) is 6.22. The number of esters is 1. The Balaban J connectivity index is 2.86. The number of ether oxygens (including phenoxy) is 1. The first-order chi connectivity index (χ1) is 12.2. The molecule has 0 saturated heterocycles. The van der Waals surface area contributed by atoms with Crippen LogP contribution in [0, 0.1) is 5.92 Å². The van der Waals surface area contributed by atoms with Crippen LogP contribution in [0.5, 0.6) is 0 Å². The quantitative estimate of drug-likeness (QED) is 0.342. The highest BCUT2D eigenvalue weighted by Crippen LogP contribution is 2.21. The van der Waals surface area contributed by atoms with Crippen molar-refractivity contribution in [3.63, 3.8) is 0 Å². The van der Waals surface area contributed by atoms with Gasteiger partial charge in [-0.3, -0.25) is 4.79 Å². The monoisotopic (exact) mass is 367 g/mol. The Morgan fingerprint density at radius 3 is 2.23 bits per heavy atom. The van der Waals surface area contributed by atoms with Crippen LogP contribution in [-0.2, 0) is 20.7 Å². The van der Waals surface area contributed by atoms with Gasteiger partial charge in [0.15, 0.2) is 6.10 Å². The number of hydrogen-bond acceptors (Lipinski definition) is 7. The average Bonchev–Trinajstić information content (AvgIpc) is 2.63. The van der Waals surface area contributed by atoms with E-state index in [-0.39, 0.29) is 0 Å². The molecule has 0 aliphatic carbocycles. The van der Waals surface area contributed by atoms with Crippen LogP contribution in [0.1, 0.15) is 37.8 Å². The Morgan fingerprint density at radius 1 is 1.19 bits per heavy atom. The van der Waals surface area contributed by atoms with Crippen molar-refractivity contribution in [1.82, 2.24) is 0 Å². The number of carbonyl (C=O) groups excluding carboxylic acids is 2. The lowest BCUT2D eigenvalue weighted by atomic mass is 9.96. The van der Waals surface area contributed by atoms with E-state index in [4.69, 9.17) is 15.6 Å². The summed E-state index contributed by atoms with van der Waals surface area (Å²) in [7, 11) is 0. The van der Waals surface area contributed by atoms with Crippen molar-refractivity contribution >= 4 is 12.3 Å². The number of benzene rings is 1. The summed E-state index contributed by atoms with van der Waals surface area (Å²) in [5, 5.41) is 28.5. The minimum Gasteiger partial charge on any atom is -0.457 e. The zero-order valence-corrected chi connectivity index (χ0v) is 15.4. The van der Waals surface area contributed by atoms with Gasteiger partial charge in [-0.1, -0.05) is 38.1 Å². The molecular formula is C19H29NO6. The highest BCUT2D eigenvalue weighted by Gasteiger charge is 2.35. The van der Waals surface area contributed by atoms with Gasteiger partial charge in [-0.15, -0.1) is 0 Å². The summed E-state index contributed by atoms with van der Waals surface area (Å²) in [5.41, 5.74) is 7.45. The second-order valence-corrected chi connectivity index (χ2v) is 6.92. The first-order valence-electron chi connectivity index (χ1n) is 8.68. The molecule has 0 saturated carbocycles. The number of nitrogens with two attached hydrogens (primary N) is 1. The van der Waals surface area contributed by atoms with Crippen molar-refractivity contribution in [3.8, 4) is 0 Å². The van der Waals surface area contributed by atoms with E-state index in [1.165, 1.54) is 0 Å². The van der Waals surface area contributed by atoms with E-state index in [1.54, 1.807) is 6.92 Å². The topological polar surface area (TPSA) is 130 Å².